The summed E-state index contributed by atoms with van der Waals surface area (Å²) in [5, 5.41) is 4.71. The first-order valence-electron chi connectivity index (χ1n) is 8.17. The van der Waals surface area contributed by atoms with E-state index in [2.05, 4.69) is 26.5 Å². The molecule has 0 saturated carbocycles. The van der Waals surface area contributed by atoms with Gasteiger partial charge in [-0.1, -0.05) is 48.0 Å². The van der Waals surface area contributed by atoms with Crippen LogP contribution in [0, 0.1) is 0 Å². The number of carbonyl (C=O) groups excluding carboxylic acids is 1. The molecule has 3 rings (SSSR count). The second-order valence-electron chi connectivity index (χ2n) is 5.64. The third kappa shape index (κ3) is 5.42. The van der Waals surface area contributed by atoms with Gasteiger partial charge in [0.15, 0.2) is 0 Å². The molecule has 0 fully saturated rings. The fourth-order valence-electron chi connectivity index (χ4n) is 2.37. The molecular weight excluding hydrogens is 428 g/mol. The predicted octanol–water partition coefficient (Wildman–Crippen LogP) is 5.45. The number of rotatable bonds is 6. The van der Waals surface area contributed by atoms with E-state index in [1.54, 1.807) is 24.4 Å². The zero-order chi connectivity index (χ0) is 19.1. The van der Waals surface area contributed by atoms with Crippen LogP contribution in [0.25, 0.3) is 0 Å². The maximum atomic E-state index is 12.2. The number of ether oxygens (including phenoxy) is 1. The molecule has 0 saturated heterocycles. The molecule has 0 bridgehead atoms. The fraction of sp³-hybridized carbons (Fsp3) is 0.0476. The van der Waals surface area contributed by atoms with Crippen molar-refractivity contribution < 1.29 is 9.53 Å². The Morgan fingerprint density at radius 3 is 2.67 bits per heavy atom. The molecule has 0 aliphatic heterocycles. The Hall–Kier alpha value is -2.63. The van der Waals surface area contributed by atoms with Gasteiger partial charge >= 0.3 is 0 Å². The van der Waals surface area contributed by atoms with Crippen molar-refractivity contribution in [2.45, 2.75) is 6.61 Å². The number of hydrogen-bond acceptors (Lipinski definition) is 3. The third-order valence-electron chi connectivity index (χ3n) is 3.69. The van der Waals surface area contributed by atoms with Crippen molar-refractivity contribution in [1.29, 1.82) is 0 Å². The van der Waals surface area contributed by atoms with Gasteiger partial charge in [-0.25, -0.2) is 5.43 Å². The van der Waals surface area contributed by atoms with Crippen LogP contribution < -0.4 is 10.2 Å². The van der Waals surface area contributed by atoms with Gasteiger partial charge in [-0.3, -0.25) is 4.79 Å². The minimum atomic E-state index is -0.295. The Bertz CT molecular complexity index is 976. The number of halogens is 2. The molecule has 0 atom stereocenters. The number of nitrogens with one attached hydrogen (secondary N) is 1. The van der Waals surface area contributed by atoms with Gasteiger partial charge in [0.25, 0.3) is 5.91 Å². The van der Waals surface area contributed by atoms with E-state index in [4.69, 9.17) is 16.3 Å². The van der Waals surface area contributed by atoms with Crippen LogP contribution in [0.5, 0.6) is 5.75 Å². The summed E-state index contributed by atoms with van der Waals surface area (Å²) >= 11 is 9.35. The second-order valence-corrected chi connectivity index (χ2v) is 6.93. The molecule has 0 heterocycles. The molecule has 0 spiro atoms. The van der Waals surface area contributed by atoms with Gasteiger partial charge in [-0.2, -0.15) is 5.10 Å². The number of hydrazone groups is 1. The van der Waals surface area contributed by atoms with Crippen LogP contribution in [0.2, 0.25) is 5.02 Å². The van der Waals surface area contributed by atoms with Crippen LogP contribution in [0.4, 0.5) is 0 Å². The van der Waals surface area contributed by atoms with Crippen LogP contribution in [0.15, 0.2) is 82.4 Å². The minimum Gasteiger partial charge on any atom is -0.488 e. The highest BCUT2D eigenvalue weighted by molar-refractivity contribution is 9.10. The van der Waals surface area contributed by atoms with Crippen molar-refractivity contribution in [3.05, 3.63) is 99.0 Å². The molecule has 1 amide bonds. The molecule has 3 aromatic carbocycles. The maximum Gasteiger partial charge on any atom is 0.272 e. The van der Waals surface area contributed by atoms with Crippen molar-refractivity contribution in [2.75, 3.05) is 0 Å². The minimum absolute atomic E-state index is 0.295. The number of nitrogens with zero attached hydrogens (tertiary/aromatic N) is 1. The highest BCUT2D eigenvalue weighted by Gasteiger charge is 2.08. The highest BCUT2D eigenvalue weighted by atomic mass is 79.9. The van der Waals surface area contributed by atoms with E-state index in [-0.39, 0.29) is 5.91 Å². The zero-order valence-electron chi connectivity index (χ0n) is 14.2. The topological polar surface area (TPSA) is 50.7 Å². The summed E-state index contributed by atoms with van der Waals surface area (Å²) in [6.07, 6.45) is 1.56. The van der Waals surface area contributed by atoms with Crippen LogP contribution in [-0.2, 0) is 6.61 Å². The number of carbonyl (C=O) groups is 1. The predicted molar refractivity (Wildman–Crippen MR) is 111 cm³/mol. The van der Waals surface area contributed by atoms with E-state index in [9.17, 15) is 4.79 Å². The van der Waals surface area contributed by atoms with Crippen LogP contribution >= 0.6 is 27.5 Å². The average Bonchev–Trinajstić information content (AvgIpc) is 2.67. The summed E-state index contributed by atoms with van der Waals surface area (Å²) in [6.45, 7) is 0.384. The summed E-state index contributed by atoms with van der Waals surface area (Å²) in [4.78, 5) is 12.2. The first-order chi connectivity index (χ1) is 13.1. The van der Waals surface area contributed by atoms with Gasteiger partial charge in [0.1, 0.15) is 12.4 Å². The summed E-state index contributed by atoms with van der Waals surface area (Å²) < 4.78 is 6.58. The summed E-state index contributed by atoms with van der Waals surface area (Å²) in [5.74, 6) is 0.368. The molecule has 0 aliphatic rings. The van der Waals surface area contributed by atoms with E-state index in [1.807, 2.05) is 54.6 Å². The summed E-state index contributed by atoms with van der Waals surface area (Å²) in [7, 11) is 0. The Balaban J connectivity index is 1.66. The maximum absolute atomic E-state index is 12.2. The largest absolute Gasteiger partial charge is 0.488 e. The van der Waals surface area contributed by atoms with Crippen molar-refractivity contribution in [3.63, 3.8) is 0 Å². The van der Waals surface area contributed by atoms with E-state index in [0.717, 1.165) is 11.1 Å². The third-order valence-corrected chi connectivity index (χ3v) is 4.62. The van der Waals surface area contributed by atoms with Crippen molar-refractivity contribution in [1.82, 2.24) is 5.43 Å². The van der Waals surface area contributed by atoms with E-state index >= 15 is 0 Å². The smallest absolute Gasteiger partial charge is 0.272 e. The Kier molecular flexibility index (Phi) is 6.63. The number of amides is 1. The second kappa shape index (κ2) is 9.35. The SMILES string of the molecule is O=C(N/N=C\c1ccccc1OCc1cccc(Cl)c1)c1ccccc1Br. The molecule has 0 unspecified atom stereocenters. The van der Waals surface area contributed by atoms with Gasteiger partial charge < -0.3 is 4.74 Å². The van der Waals surface area contributed by atoms with Gasteiger partial charge in [0, 0.05) is 15.1 Å². The first kappa shape index (κ1) is 19.1. The fourth-order valence-corrected chi connectivity index (χ4v) is 3.05. The first-order valence-corrected chi connectivity index (χ1v) is 9.35. The molecule has 0 radical (unpaired) electrons. The van der Waals surface area contributed by atoms with Crippen LogP contribution in [-0.4, -0.2) is 12.1 Å². The van der Waals surface area contributed by atoms with E-state index in [1.165, 1.54) is 0 Å². The van der Waals surface area contributed by atoms with Crippen molar-refractivity contribution in [2.24, 2.45) is 5.10 Å². The lowest BCUT2D eigenvalue weighted by molar-refractivity contribution is 0.0954. The van der Waals surface area contributed by atoms with Gasteiger partial charge in [-0.05, 0) is 57.9 Å². The van der Waals surface area contributed by atoms with Gasteiger partial charge in [0.05, 0.1) is 11.8 Å². The molecule has 6 heteroatoms. The Labute approximate surface area is 171 Å². The molecule has 0 aliphatic carbocycles. The lowest BCUT2D eigenvalue weighted by atomic mass is 10.2. The normalized spacial score (nSPS) is 10.7. The number of benzene rings is 3. The van der Waals surface area contributed by atoms with Gasteiger partial charge in [-0.15, -0.1) is 0 Å². The summed E-state index contributed by atoms with van der Waals surface area (Å²) in [5.41, 5.74) is 4.76. The summed E-state index contributed by atoms with van der Waals surface area (Å²) in [6, 6.07) is 22.1. The monoisotopic (exact) mass is 442 g/mol. The lowest BCUT2D eigenvalue weighted by Crippen LogP contribution is -2.18. The van der Waals surface area contributed by atoms with Crippen molar-refractivity contribution in [3.8, 4) is 5.75 Å². The Morgan fingerprint density at radius 2 is 1.85 bits per heavy atom. The number of para-hydroxylation sites is 1. The lowest BCUT2D eigenvalue weighted by Gasteiger charge is -2.09. The van der Waals surface area contributed by atoms with Crippen molar-refractivity contribution >= 4 is 39.7 Å². The molecule has 4 nitrogen and oxygen atoms in total. The number of hydrogen-bond donors (Lipinski definition) is 1. The molecule has 136 valence electrons. The zero-order valence-corrected chi connectivity index (χ0v) is 16.6. The molecule has 0 aromatic heterocycles. The van der Waals surface area contributed by atoms with E-state index < -0.39 is 0 Å². The van der Waals surface area contributed by atoms with E-state index in [0.29, 0.717) is 27.4 Å². The quantitative estimate of drug-likeness (QED) is 0.407. The molecular formula is C21H16BrClN2O2. The van der Waals surface area contributed by atoms with Crippen LogP contribution in [0.1, 0.15) is 21.5 Å². The van der Waals surface area contributed by atoms with Crippen LogP contribution in [0.3, 0.4) is 0 Å². The standard InChI is InChI=1S/C21H16BrClN2O2/c22-19-10-3-2-9-18(19)21(26)25-24-13-16-7-1-4-11-20(16)27-14-15-6-5-8-17(23)12-15/h1-13H,14H2,(H,25,26)/b24-13-. The highest BCUT2D eigenvalue weighted by Crippen LogP contribution is 2.19. The average molecular weight is 444 g/mol. The molecule has 27 heavy (non-hydrogen) atoms. The molecule has 1 N–H and O–H groups in total. The van der Waals surface area contributed by atoms with Gasteiger partial charge in [0.2, 0.25) is 0 Å². The molecule has 3 aromatic rings. The Morgan fingerprint density at radius 1 is 1.07 bits per heavy atom.